The molecule has 84 valence electrons. The number of carbonyl (C=O) groups excluding carboxylic acids is 1. The summed E-state index contributed by atoms with van der Waals surface area (Å²) in [6, 6.07) is 0. The normalized spacial score (nSPS) is 25.8. The summed E-state index contributed by atoms with van der Waals surface area (Å²) in [5.74, 6) is 0.0747. The highest BCUT2D eigenvalue weighted by molar-refractivity contribution is 7.19. The molecular weight excluding hydrogens is 223 g/mol. The van der Waals surface area contributed by atoms with E-state index < -0.39 is 5.54 Å². The Balaban J connectivity index is 2.33. The largest absolute Gasteiger partial charge is 0.344 e. The fraction of sp³-hybridized carbons (Fsp3) is 0.444. The molecule has 2 heterocycles. The molecule has 1 saturated heterocycles. The van der Waals surface area contributed by atoms with Gasteiger partial charge in [0, 0.05) is 13.2 Å². The van der Waals surface area contributed by atoms with Gasteiger partial charge in [0.1, 0.15) is 5.01 Å². The minimum atomic E-state index is -0.542. The second kappa shape index (κ2) is 3.59. The molecule has 1 amide bonds. The molecule has 16 heavy (non-hydrogen) atoms. The van der Waals surface area contributed by atoms with Crippen LogP contribution in [0, 0.1) is 5.41 Å². The topological polar surface area (TPSA) is 69.1 Å². The fourth-order valence-corrected chi connectivity index (χ4v) is 2.54. The first kappa shape index (κ1) is 11.1. The Labute approximate surface area is 98.8 Å². The Morgan fingerprint density at radius 3 is 2.94 bits per heavy atom. The smallest absolute Gasteiger partial charge is 0.231 e. The van der Waals surface area contributed by atoms with Crippen molar-refractivity contribution in [3.8, 4) is 0 Å². The Morgan fingerprint density at radius 1 is 1.75 bits per heavy atom. The summed E-state index contributed by atoms with van der Waals surface area (Å²) in [4.78, 5) is 17.3. The summed E-state index contributed by atoms with van der Waals surface area (Å²) in [5.41, 5.74) is -0.542. The van der Waals surface area contributed by atoms with Crippen LogP contribution in [0.15, 0.2) is 6.20 Å². The Bertz CT molecular complexity index is 440. The molecule has 1 fully saturated rings. The zero-order valence-corrected chi connectivity index (χ0v) is 10.3. The van der Waals surface area contributed by atoms with Crippen molar-refractivity contribution >= 4 is 35.8 Å². The van der Waals surface area contributed by atoms with Crippen molar-refractivity contribution in [1.29, 1.82) is 5.41 Å². The quantitative estimate of drug-likeness (QED) is 0.615. The van der Waals surface area contributed by atoms with Crippen molar-refractivity contribution in [3.05, 3.63) is 11.2 Å². The van der Waals surface area contributed by atoms with Gasteiger partial charge in [0.05, 0.1) is 12.0 Å². The number of guanidine groups is 1. The number of amides is 1. The van der Waals surface area contributed by atoms with Gasteiger partial charge in [-0.15, -0.1) is 11.3 Å². The van der Waals surface area contributed by atoms with Crippen LogP contribution in [0.2, 0.25) is 0 Å². The number of hydrogen-bond acceptors (Lipinski definition) is 4. The molecule has 2 rings (SSSR count). The second-order valence-corrected chi connectivity index (χ2v) is 5.45. The molecule has 1 atom stereocenters. The van der Waals surface area contributed by atoms with Gasteiger partial charge in [-0.2, -0.15) is 0 Å². The van der Waals surface area contributed by atoms with Crippen molar-refractivity contribution in [2.45, 2.75) is 18.9 Å². The van der Waals surface area contributed by atoms with Gasteiger partial charge in [0.2, 0.25) is 5.91 Å². The zero-order valence-electron chi connectivity index (χ0n) is 9.50. The maximum atomic E-state index is 11.7. The summed E-state index contributed by atoms with van der Waals surface area (Å²) in [6.45, 7) is 1.91. The Morgan fingerprint density at radius 2 is 2.44 bits per heavy atom. The van der Waals surface area contributed by atoms with Gasteiger partial charge in [-0.3, -0.25) is 15.1 Å². The van der Waals surface area contributed by atoms with Crippen LogP contribution in [0.4, 0.5) is 0 Å². The summed E-state index contributed by atoms with van der Waals surface area (Å²) in [7, 11) is 3.58. The molecule has 0 unspecified atom stereocenters. The van der Waals surface area contributed by atoms with E-state index in [2.05, 4.69) is 10.3 Å². The molecule has 0 aromatic carbocycles. The van der Waals surface area contributed by atoms with Crippen LogP contribution < -0.4 is 10.1 Å². The van der Waals surface area contributed by atoms with E-state index in [1.165, 1.54) is 4.90 Å². The number of hydrogen-bond donors (Lipinski definition) is 2. The zero-order chi connectivity index (χ0) is 11.9. The molecule has 2 N–H and O–H groups in total. The standard InChI is InChI=1S/C9H13BN4OS/c1-9(7-12-4-5(10)16-7)3-6(15)14(2)8(11)13-9/h4H,3,10H2,1-2H3,(H2,11,13)/t9-/m0/s1. The third-order valence-electron chi connectivity index (χ3n) is 2.70. The highest BCUT2D eigenvalue weighted by atomic mass is 32.1. The van der Waals surface area contributed by atoms with E-state index >= 15 is 0 Å². The average molecular weight is 236 g/mol. The lowest BCUT2D eigenvalue weighted by Gasteiger charge is -2.37. The van der Waals surface area contributed by atoms with Gasteiger partial charge < -0.3 is 5.32 Å². The maximum absolute atomic E-state index is 11.7. The highest BCUT2D eigenvalue weighted by Gasteiger charge is 2.39. The Kier molecular flexibility index (Phi) is 2.50. The van der Waals surface area contributed by atoms with Crippen LogP contribution in [0.1, 0.15) is 18.4 Å². The number of aromatic nitrogens is 1. The van der Waals surface area contributed by atoms with E-state index in [0.717, 1.165) is 9.78 Å². The van der Waals surface area contributed by atoms with E-state index in [1.807, 2.05) is 14.8 Å². The Hall–Kier alpha value is -1.37. The number of thiazole rings is 1. The predicted molar refractivity (Wildman–Crippen MR) is 65.9 cm³/mol. The van der Waals surface area contributed by atoms with E-state index in [0.29, 0.717) is 6.42 Å². The van der Waals surface area contributed by atoms with Gasteiger partial charge in [0.25, 0.3) is 0 Å². The van der Waals surface area contributed by atoms with Crippen LogP contribution in [0.25, 0.3) is 0 Å². The van der Waals surface area contributed by atoms with E-state index in [9.17, 15) is 4.79 Å². The minimum absolute atomic E-state index is 0.0564. The van der Waals surface area contributed by atoms with Crippen molar-refractivity contribution in [2.24, 2.45) is 0 Å². The van der Waals surface area contributed by atoms with Gasteiger partial charge in [-0.1, -0.05) is 0 Å². The lowest BCUT2D eigenvalue weighted by molar-refractivity contribution is -0.129. The molecule has 1 aliphatic heterocycles. The highest BCUT2D eigenvalue weighted by Crippen LogP contribution is 2.28. The SMILES string of the molecule is Bc1cnc([C@]2(C)CC(=O)N(C)C(=N)N2)s1. The van der Waals surface area contributed by atoms with Crippen LogP contribution in [-0.2, 0) is 10.3 Å². The number of nitrogens with zero attached hydrogens (tertiary/aromatic N) is 2. The second-order valence-electron chi connectivity index (χ2n) is 4.21. The molecule has 0 spiro atoms. The van der Waals surface area contributed by atoms with Gasteiger partial charge >= 0.3 is 0 Å². The van der Waals surface area contributed by atoms with Gasteiger partial charge in [-0.25, -0.2) is 4.98 Å². The lowest BCUT2D eigenvalue weighted by atomic mass is 9.96. The summed E-state index contributed by atoms with van der Waals surface area (Å²) in [5, 5.41) is 11.6. The van der Waals surface area contributed by atoms with Crippen molar-refractivity contribution < 1.29 is 4.79 Å². The third kappa shape index (κ3) is 1.71. The number of rotatable bonds is 1. The first-order valence-corrected chi connectivity index (χ1v) is 5.80. The average Bonchev–Trinajstić information content (AvgIpc) is 2.62. The monoisotopic (exact) mass is 236 g/mol. The molecule has 1 aromatic heterocycles. The fourth-order valence-electron chi connectivity index (χ4n) is 1.67. The van der Waals surface area contributed by atoms with Gasteiger partial charge in [-0.05, 0) is 11.7 Å². The molecule has 0 saturated carbocycles. The molecular formula is C9H13BN4OS. The maximum Gasteiger partial charge on any atom is 0.231 e. The molecule has 0 radical (unpaired) electrons. The van der Waals surface area contributed by atoms with Crippen LogP contribution in [0.3, 0.4) is 0 Å². The van der Waals surface area contributed by atoms with Crippen LogP contribution in [-0.4, -0.2) is 36.6 Å². The van der Waals surface area contributed by atoms with Gasteiger partial charge in [0.15, 0.2) is 13.8 Å². The minimum Gasteiger partial charge on any atom is -0.344 e. The van der Waals surface area contributed by atoms with E-state index in [1.54, 1.807) is 24.6 Å². The molecule has 0 bridgehead atoms. The van der Waals surface area contributed by atoms with Crippen LogP contribution in [0.5, 0.6) is 0 Å². The summed E-state index contributed by atoms with van der Waals surface area (Å²) in [6.07, 6.45) is 2.12. The van der Waals surface area contributed by atoms with Crippen LogP contribution >= 0.6 is 11.3 Å². The lowest BCUT2D eigenvalue weighted by Crippen LogP contribution is -2.58. The molecule has 7 heteroatoms. The molecule has 1 aliphatic rings. The van der Waals surface area contributed by atoms with E-state index in [-0.39, 0.29) is 11.9 Å². The van der Waals surface area contributed by atoms with E-state index in [4.69, 9.17) is 5.41 Å². The third-order valence-corrected chi connectivity index (χ3v) is 3.88. The molecule has 0 aliphatic carbocycles. The summed E-state index contributed by atoms with van der Waals surface area (Å²) >= 11 is 1.56. The molecule has 1 aromatic rings. The van der Waals surface area contributed by atoms with Crippen molar-refractivity contribution in [2.75, 3.05) is 7.05 Å². The first-order valence-electron chi connectivity index (χ1n) is 4.98. The predicted octanol–water partition coefficient (Wildman–Crippen LogP) is -0.997. The molecule has 5 nitrogen and oxygen atoms in total. The van der Waals surface area contributed by atoms with Crippen molar-refractivity contribution in [3.63, 3.8) is 0 Å². The summed E-state index contributed by atoms with van der Waals surface area (Å²) < 4.78 is 1.11. The van der Waals surface area contributed by atoms with Crippen molar-refractivity contribution in [1.82, 2.24) is 15.2 Å². The number of carbonyl (C=O) groups is 1. The first-order chi connectivity index (χ1) is 7.42. The number of nitrogens with one attached hydrogen (secondary N) is 2.